The van der Waals surface area contributed by atoms with Crippen molar-refractivity contribution in [3.05, 3.63) is 54.6 Å². The van der Waals surface area contributed by atoms with Crippen molar-refractivity contribution in [2.75, 3.05) is 62.3 Å². The Balaban J connectivity index is 1.47. The minimum Gasteiger partial charge on any atom is -0.493 e. The average molecular weight is 473 g/mol. The van der Waals surface area contributed by atoms with Crippen molar-refractivity contribution in [2.24, 2.45) is 5.92 Å². The molecule has 0 aromatic heterocycles. The number of sulfonamides is 1. The highest BCUT2D eigenvalue weighted by Gasteiger charge is 2.32. The number of fused-ring (bicyclic) bond motifs is 1. The van der Waals surface area contributed by atoms with Crippen LogP contribution in [0.3, 0.4) is 0 Å². The van der Waals surface area contributed by atoms with Crippen LogP contribution in [0.5, 0.6) is 5.75 Å². The van der Waals surface area contributed by atoms with Crippen molar-refractivity contribution in [2.45, 2.75) is 0 Å². The fourth-order valence-corrected chi connectivity index (χ4v) is 5.05. The number of ether oxygens (including phenoxy) is 1. The van der Waals surface area contributed by atoms with Gasteiger partial charge in [0.05, 0.1) is 30.8 Å². The van der Waals surface area contributed by atoms with Gasteiger partial charge in [0.15, 0.2) is 0 Å². The molecule has 10 heteroatoms. The number of hydrogen-bond donors (Lipinski definition) is 1. The zero-order chi connectivity index (χ0) is 23.4. The number of nitrogens with one attached hydrogen (secondary N) is 1. The molecule has 0 spiro atoms. The summed E-state index contributed by atoms with van der Waals surface area (Å²) in [6, 6.07) is 16.6. The van der Waals surface area contributed by atoms with Crippen molar-refractivity contribution in [3.63, 3.8) is 0 Å². The highest BCUT2D eigenvalue weighted by atomic mass is 32.2. The van der Waals surface area contributed by atoms with E-state index < -0.39 is 10.0 Å². The van der Waals surface area contributed by atoms with Crippen molar-refractivity contribution >= 4 is 33.2 Å². The van der Waals surface area contributed by atoms with Crippen molar-refractivity contribution < 1.29 is 22.7 Å². The molecule has 0 saturated carbocycles. The van der Waals surface area contributed by atoms with Gasteiger partial charge >= 0.3 is 0 Å². The molecule has 2 heterocycles. The molecule has 2 amide bonds. The first-order chi connectivity index (χ1) is 15.8. The molecule has 4 rings (SSSR count). The summed E-state index contributed by atoms with van der Waals surface area (Å²) in [6.07, 6.45) is 1.20. The predicted octanol–water partition coefficient (Wildman–Crippen LogP) is 1.24. The highest BCUT2D eigenvalue weighted by molar-refractivity contribution is 7.88. The van der Waals surface area contributed by atoms with Crippen LogP contribution in [0.15, 0.2) is 54.6 Å². The largest absolute Gasteiger partial charge is 0.493 e. The van der Waals surface area contributed by atoms with E-state index in [4.69, 9.17) is 4.74 Å². The van der Waals surface area contributed by atoms with Crippen LogP contribution in [0.4, 0.5) is 11.4 Å². The number of hydrogen-bond acceptors (Lipinski definition) is 6. The second-order valence-corrected chi connectivity index (χ2v) is 10.4. The Hall–Kier alpha value is -2.95. The number of para-hydroxylation sites is 3. The quantitative estimate of drug-likeness (QED) is 0.679. The van der Waals surface area contributed by atoms with Crippen LogP contribution in [0.2, 0.25) is 0 Å². The van der Waals surface area contributed by atoms with Crippen molar-refractivity contribution in [1.29, 1.82) is 0 Å². The van der Waals surface area contributed by atoms with E-state index >= 15 is 0 Å². The van der Waals surface area contributed by atoms with Crippen LogP contribution in [-0.2, 0) is 19.6 Å². The molecule has 2 aromatic carbocycles. The molecule has 33 heavy (non-hydrogen) atoms. The molecule has 2 aliphatic heterocycles. The van der Waals surface area contributed by atoms with Gasteiger partial charge in [-0.15, -0.1) is 0 Å². The lowest BCUT2D eigenvalue weighted by Gasteiger charge is -2.31. The van der Waals surface area contributed by atoms with Crippen molar-refractivity contribution in [1.82, 2.24) is 9.21 Å². The molecule has 176 valence electrons. The van der Waals surface area contributed by atoms with E-state index in [9.17, 15) is 18.0 Å². The van der Waals surface area contributed by atoms with Gasteiger partial charge in [0.25, 0.3) is 0 Å². The van der Waals surface area contributed by atoms with Gasteiger partial charge in [0.1, 0.15) is 12.3 Å². The molecular formula is C23H28N4O5S. The summed E-state index contributed by atoms with van der Waals surface area (Å²) in [5, 5.41) is 2.78. The summed E-state index contributed by atoms with van der Waals surface area (Å²) in [7, 11) is -3.38. The highest BCUT2D eigenvalue weighted by Crippen LogP contribution is 2.29. The van der Waals surface area contributed by atoms with Gasteiger partial charge in [-0.2, -0.15) is 0 Å². The zero-order valence-corrected chi connectivity index (χ0v) is 19.3. The molecule has 1 atom stereocenters. The molecule has 1 saturated heterocycles. The van der Waals surface area contributed by atoms with E-state index in [1.165, 1.54) is 15.5 Å². The smallest absolute Gasteiger partial charge is 0.244 e. The van der Waals surface area contributed by atoms with Crippen LogP contribution < -0.4 is 15.0 Å². The Labute approximate surface area is 194 Å². The van der Waals surface area contributed by atoms with Gasteiger partial charge in [0.2, 0.25) is 21.8 Å². The molecular weight excluding hydrogens is 444 g/mol. The maximum absolute atomic E-state index is 13.2. The third-order valence-corrected chi connectivity index (χ3v) is 7.04. The zero-order valence-electron chi connectivity index (χ0n) is 18.5. The third kappa shape index (κ3) is 5.89. The maximum atomic E-state index is 13.2. The molecule has 2 aromatic rings. The lowest BCUT2D eigenvalue weighted by Crippen LogP contribution is -2.47. The Kier molecular flexibility index (Phi) is 6.96. The van der Waals surface area contributed by atoms with Gasteiger partial charge in [-0.25, -0.2) is 12.7 Å². The third-order valence-electron chi connectivity index (χ3n) is 5.77. The topological polar surface area (TPSA) is 99.3 Å². The summed E-state index contributed by atoms with van der Waals surface area (Å²) in [4.78, 5) is 28.7. The van der Waals surface area contributed by atoms with Crippen molar-refractivity contribution in [3.8, 4) is 5.75 Å². The number of nitrogens with zero attached hydrogens (tertiary/aromatic N) is 3. The summed E-state index contributed by atoms with van der Waals surface area (Å²) in [5.74, 6) is 0.154. The summed E-state index contributed by atoms with van der Waals surface area (Å²) in [6.45, 7) is 1.92. The normalized spacial score (nSPS) is 20.0. The maximum Gasteiger partial charge on any atom is 0.244 e. The van der Waals surface area contributed by atoms with Gasteiger partial charge < -0.3 is 10.1 Å². The number of benzene rings is 2. The second-order valence-electron chi connectivity index (χ2n) is 8.39. The molecule has 1 fully saturated rings. The summed E-state index contributed by atoms with van der Waals surface area (Å²) in [5.41, 5.74) is 1.27. The molecule has 1 N–H and O–H groups in total. The summed E-state index contributed by atoms with van der Waals surface area (Å²) >= 11 is 0. The fourth-order valence-electron chi connectivity index (χ4n) is 4.16. The number of amides is 2. The number of carbonyl (C=O) groups is 2. The standard InChI is InChI=1S/C23H28N4O5S/c1-33(30,31)26-12-11-25(13-18(14-26)17-32-19-7-3-2-4-8-19)16-23(29)27-15-22(28)24-20-9-5-6-10-21(20)27/h2-10,18H,11-17H2,1H3,(H,24,28). The first-order valence-electron chi connectivity index (χ1n) is 10.8. The van der Waals surface area contributed by atoms with E-state index in [0.717, 1.165) is 0 Å². The Bertz CT molecular complexity index is 1110. The van der Waals surface area contributed by atoms with E-state index in [1.807, 2.05) is 41.3 Å². The van der Waals surface area contributed by atoms with Gasteiger partial charge in [-0.1, -0.05) is 30.3 Å². The van der Waals surface area contributed by atoms with E-state index in [0.29, 0.717) is 49.9 Å². The SMILES string of the molecule is CS(=O)(=O)N1CCN(CC(=O)N2CC(=O)Nc3ccccc32)CC(COc2ccccc2)C1. The number of anilines is 2. The van der Waals surface area contributed by atoms with Crippen LogP contribution in [0.25, 0.3) is 0 Å². The van der Waals surface area contributed by atoms with Gasteiger partial charge in [-0.05, 0) is 24.3 Å². The van der Waals surface area contributed by atoms with E-state index in [2.05, 4.69) is 5.32 Å². The minimum atomic E-state index is -3.38. The summed E-state index contributed by atoms with van der Waals surface area (Å²) < 4.78 is 31.9. The molecule has 1 unspecified atom stereocenters. The van der Waals surface area contributed by atoms with Crippen LogP contribution in [-0.4, -0.2) is 81.6 Å². The Morgan fingerprint density at radius 2 is 1.79 bits per heavy atom. The molecule has 0 aliphatic carbocycles. The van der Waals surface area contributed by atoms with Crippen LogP contribution in [0.1, 0.15) is 0 Å². The Morgan fingerprint density at radius 1 is 1.06 bits per heavy atom. The predicted molar refractivity (Wildman–Crippen MR) is 126 cm³/mol. The lowest BCUT2D eigenvalue weighted by atomic mass is 10.1. The molecule has 9 nitrogen and oxygen atoms in total. The van der Waals surface area contributed by atoms with Gasteiger partial charge in [-0.3, -0.25) is 19.4 Å². The van der Waals surface area contributed by atoms with E-state index in [1.54, 1.807) is 18.2 Å². The van der Waals surface area contributed by atoms with Gasteiger partial charge in [0, 0.05) is 32.1 Å². The van der Waals surface area contributed by atoms with Crippen LogP contribution in [0, 0.1) is 5.92 Å². The molecule has 0 bridgehead atoms. The minimum absolute atomic E-state index is 0.0420. The first-order valence-corrected chi connectivity index (χ1v) is 12.7. The lowest BCUT2D eigenvalue weighted by molar-refractivity contribution is -0.122. The Morgan fingerprint density at radius 3 is 2.55 bits per heavy atom. The molecule has 0 radical (unpaired) electrons. The monoisotopic (exact) mass is 472 g/mol. The first kappa shape index (κ1) is 23.2. The van der Waals surface area contributed by atoms with E-state index in [-0.39, 0.29) is 30.8 Å². The number of carbonyl (C=O) groups excluding carboxylic acids is 2. The van der Waals surface area contributed by atoms with Crippen LogP contribution >= 0.6 is 0 Å². The second kappa shape index (κ2) is 9.90. The number of rotatable bonds is 6. The average Bonchev–Trinajstić information content (AvgIpc) is 3.00. The fraction of sp³-hybridized carbons (Fsp3) is 0.391. The molecule has 2 aliphatic rings.